The second kappa shape index (κ2) is 5.81. The summed E-state index contributed by atoms with van der Waals surface area (Å²) < 4.78 is 0. The zero-order valence-corrected chi connectivity index (χ0v) is 8.74. The van der Waals surface area contributed by atoms with Crippen molar-refractivity contribution in [2.75, 3.05) is 19.6 Å². The fourth-order valence-electron chi connectivity index (χ4n) is 2.02. The summed E-state index contributed by atoms with van der Waals surface area (Å²) in [5, 5.41) is 0. The van der Waals surface area contributed by atoms with Crippen LogP contribution in [0.4, 0.5) is 0 Å². The summed E-state index contributed by atoms with van der Waals surface area (Å²) in [7, 11) is 0. The van der Waals surface area contributed by atoms with Gasteiger partial charge in [-0.15, -0.1) is 6.58 Å². The minimum Gasteiger partial charge on any atom is -0.342 e. The van der Waals surface area contributed by atoms with Gasteiger partial charge in [-0.3, -0.25) is 4.79 Å². The molecule has 3 heteroatoms. The number of rotatable bonds is 4. The third-order valence-electron chi connectivity index (χ3n) is 2.77. The topological polar surface area (TPSA) is 46.3 Å². The average Bonchev–Trinajstić information content (AvgIpc) is 2.19. The van der Waals surface area contributed by atoms with E-state index in [0.717, 1.165) is 32.5 Å². The summed E-state index contributed by atoms with van der Waals surface area (Å²) >= 11 is 0. The van der Waals surface area contributed by atoms with E-state index in [1.54, 1.807) is 6.08 Å². The highest BCUT2D eigenvalue weighted by Crippen LogP contribution is 2.19. The lowest BCUT2D eigenvalue weighted by Crippen LogP contribution is -2.40. The molecule has 1 aliphatic heterocycles. The Kier molecular flexibility index (Phi) is 4.66. The molecule has 0 aromatic heterocycles. The Morgan fingerprint density at radius 3 is 3.07 bits per heavy atom. The molecule has 0 bridgehead atoms. The fraction of sp³-hybridized carbons (Fsp3) is 0.727. The molecule has 0 aromatic rings. The zero-order valence-electron chi connectivity index (χ0n) is 8.74. The van der Waals surface area contributed by atoms with Gasteiger partial charge in [-0.2, -0.15) is 0 Å². The quantitative estimate of drug-likeness (QED) is 0.686. The summed E-state index contributed by atoms with van der Waals surface area (Å²) in [6.45, 7) is 6.12. The predicted octanol–water partition coefficient (Wildman–Crippen LogP) is 1.15. The van der Waals surface area contributed by atoms with Crippen LogP contribution in [0.2, 0.25) is 0 Å². The van der Waals surface area contributed by atoms with Gasteiger partial charge < -0.3 is 10.6 Å². The number of piperidine rings is 1. The number of likely N-dealkylation sites (tertiary alicyclic amines) is 1. The third kappa shape index (κ3) is 3.14. The Balaban J connectivity index is 2.38. The van der Waals surface area contributed by atoms with E-state index in [0.29, 0.717) is 12.3 Å². The maximum atomic E-state index is 11.6. The van der Waals surface area contributed by atoms with E-state index in [1.165, 1.54) is 6.42 Å². The van der Waals surface area contributed by atoms with Crippen LogP contribution in [-0.2, 0) is 4.79 Å². The first-order valence-electron chi connectivity index (χ1n) is 5.36. The number of carbonyl (C=O) groups excluding carboxylic acids is 1. The Labute approximate surface area is 86.0 Å². The number of nitrogens with two attached hydrogens (primary N) is 1. The van der Waals surface area contributed by atoms with Gasteiger partial charge >= 0.3 is 0 Å². The van der Waals surface area contributed by atoms with Crippen LogP contribution in [0.1, 0.15) is 25.7 Å². The van der Waals surface area contributed by atoms with Crippen molar-refractivity contribution < 1.29 is 4.79 Å². The molecule has 80 valence electrons. The van der Waals surface area contributed by atoms with Gasteiger partial charge in [0.15, 0.2) is 0 Å². The van der Waals surface area contributed by atoms with E-state index in [1.807, 2.05) is 4.90 Å². The number of hydrogen-bond donors (Lipinski definition) is 1. The molecule has 0 saturated carbocycles. The lowest BCUT2D eigenvalue weighted by Gasteiger charge is -2.32. The minimum atomic E-state index is 0.210. The molecular weight excluding hydrogens is 176 g/mol. The lowest BCUT2D eigenvalue weighted by atomic mass is 9.95. The van der Waals surface area contributed by atoms with Crippen molar-refractivity contribution in [1.82, 2.24) is 4.90 Å². The summed E-state index contributed by atoms with van der Waals surface area (Å²) in [5.74, 6) is 0.823. The standard InChI is InChI=1S/C11H20N2O/c1-2-4-11(14)13-8-3-5-10(9-13)6-7-12/h2,10H,1,3-9,12H2. The molecule has 1 rings (SSSR count). The van der Waals surface area contributed by atoms with Crippen molar-refractivity contribution in [2.24, 2.45) is 11.7 Å². The monoisotopic (exact) mass is 196 g/mol. The van der Waals surface area contributed by atoms with Gasteiger partial charge in [-0.1, -0.05) is 6.08 Å². The normalized spacial score (nSPS) is 22.1. The van der Waals surface area contributed by atoms with Crippen LogP contribution in [0.3, 0.4) is 0 Å². The van der Waals surface area contributed by atoms with Crippen LogP contribution in [-0.4, -0.2) is 30.4 Å². The highest BCUT2D eigenvalue weighted by molar-refractivity contribution is 5.77. The highest BCUT2D eigenvalue weighted by Gasteiger charge is 2.21. The molecule has 1 unspecified atom stereocenters. The number of hydrogen-bond acceptors (Lipinski definition) is 2. The van der Waals surface area contributed by atoms with Crippen LogP contribution in [0.15, 0.2) is 12.7 Å². The van der Waals surface area contributed by atoms with Crippen molar-refractivity contribution in [3.8, 4) is 0 Å². The summed E-state index contributed by atoms with van der Waals surface area (Å²) in [5.41, 5.74) is 5.52. The number of amides is 1. The zero-order chi connectivity index (χ0) is 10.4. The Bertz CT molecular complexity index is 201. The van der Waals surface area contributed by atoms with Crippen molar-refractivity contribution in [2.45, 2.75) is 25.7 Å². The molecule has 1 atom stereocenters. The molecule has 1 amide bonds. The molecule has 0 radical (unpaired) electrons. The molecule has 1 aliphatic rings. The van der Waals surface area contributed by atoms with Gasteiger partial charge in [0, 0.05) is 19.5 Å². The van der Waals surface area contributed by atoms with Crippen molar-refractivity contribution in [3.05, 3.63) is 12.7 Å². The van der Waals surface area contributed by atoms with Gasteiger partial charge in [0.25, 0.3) is 0 Å². The first-order valence-corrected chi connectivity index (χ1v) is 5.36. The van der Waals surface area contributed by atoms with Crippen LogP contribution in [0.5, 0.6) is 0 Å². The van der Waals surface area contributed by atoms with E-state index in [2.05, 4.69) is 6.58 Å². The lowest BCUT2D eigenvalue weighted by molar-refractivity contribution is -0.132. The maximum absolute atomic E-state index is 11.6. The van der Waals surface area contributed by atoms with Gasteiger partial charge in [0.2, 0.25) is 5.91 Å². The minimum absolute atomic E-state index is 0.210. The first kappa shape index (κ1) is 11.2. The van der Waals surface area contributed by atoms with Crippen LogP contribution in [0, 0.1) is 5.92 Å². The molecule has 1 fully saturated rings. The predicted molar refractivity (Wildman–Crippen MR) is 57.8 cm³/mol. The number of carbonyl (C=O) groups is 1. The fourth-order valence-corrected chi connectivity index (χ4v) is 2.02. The second-order valence-electron chi connectivity index (χ2n) is 3.92. The highest BCUT2D eigenvalue weighted by atomic mass is 16.2. The molecule has 0 spiro atoms. The molecule has 14 heavy (non-hydrogen) atoms. The smallest absolute Gasteiger partial charge is 0.226 e. The molecule has 0 aliphatic carbocycles. The first-order chi connectivity index (χ1) is 6.77. The Morgan fingerprint density at radius 2 is 2.43 bits per heavy atom. The third-order valence-corrected chi connectivity index (χ3v) is 2.77. The van der Waals surface area contributed by atoms with Crippen LogP contribution < -0.4 is 5.73 Å². The summed E-state index contributed by atoms with van der Waals surface area (Å²) in [4.78, 5) is 13.5. The maximum Gasteiger partial charge on any atom is 0.226 e. The molecule has 2 N–H and O–H groups in total. The van der Waals surface area contributed by atoms with E-state index < -0.39 is 0 Å². The van der Waals surface area contributed by atoms with Crippen LogP contribution >= 0.6 is 0 Å². The largest absolute Gasteiger partial charge is 0.342 e. The number of nitrogens with zero attached hydrogens (tertiary/aromatic N) is 1. The van der Waals surface area contributed by atoms with Crippen molar-refractivity contribution in [3.63, 3.8) is 0 Å². The van der Waals surface area contributed by atoms with Crippen molar-refractivity contribution >= 4 is 5.91 Å². The van der Waals surface area contributed by atoms with E-state index in [-0.39, 0.29) is 5.91 Å². The van der Waals surface area contributed by atoms with Gasteiger partial charge in [-0.25, -0.2) is 0 Å². The van der Waals surface area contributed by atoms with E-state index >= 15 is 0 Å². The Morgan fingerprint density at radius 1 is 1.64 bits per heavy atom. The van der Waals surface area contributed by atoms with Crippen LogP contribution in [0.25, 0.3) is 0 Å². The molecule has 1 heterocycles. The molecule has 0 aromatic carbocycles. The molecule has 3 nitrogen and oxygen atoms in total. The van der Waals surface area contributed by atoms with Gasteiger partial charge in [0.1, 0.15) is 0 Å². The SMILES string of the molecule is C=CCC(=O)N1CCCC(CCN)C1. The van der Waals surface area contributed by atoms with E-state index in [9.17, 15) is 4.79 Å². The molecular formula is C11H20N2O. The van der Waals surface area contributed by atoms with Gasteiger partial charge in [0.05, 0.1) is 0 Å². The Hall–Kier alpha value is -0.830. The average molecular weight is 196 g/mol. The van der Waals surface area contributed by atoms with E-state index in [4.69, 9.17) is 5.73 Å². The molecule has 1 saturated heterocycles. The summed E-state index contributed by atoms with van der Waals surface area (Å²) in [6, 6.07) is 0. The van der Waals surface area contributed by atoms with Gasteiger partial charge in [-0.05, 0) is 31.7 Å². The van der Waals surface area contributed by atoms with Crippen molar-refractivity contribution in [1.29, 1.82) is 0 Å². The second-order valence-corrected chi connectivity index (χ2v) is 3.92. The summed E-state index contributed by atoms with van der Waals surface area (Å²) in [6.07, 6.45) is 5.52.